The van der Waals surface area contributed by atoms with Crippen LogP contribution >= 0.6 is 0 Å². The summed E-state index contributed by atoms with van der Waals surface area (Å²) in [4.78, 5) is 24.5. The van der Waals surface area contributed by atoms with Crippen molar-refractivity contribution in [2.45, 2.75) is 46.6 Å². The highest BCUT2D eigenvalue weighted by Gasteiger charge is 2.23. The number of benzene rings is 1. The first-order valence-corrected chi connectivity index (χ1v) is 7.88. The molecule has 0 radical (unpaired) electrons. The molecule has 2 atom stereocenters. The number of carboxylic acids is 1. The van der Waals surface area contributed by atoms with Crippen LogP contribution in [0.2, 0.25) is 0 Å². The molecule has 0 bridgehead atoms. The first-order chi connectivity index (χ1) is 10.6. The van der Waals surface area contributed by atoms with E-state index in [2.05, 4.69) is 13.8 Å². The second-order valence-electron chi connectivity index (χ2n) is 6.39. The molecule has 1 N–H and O–H groups in total. The first kappa shape index (κ1) is 19.0. The van der Waals surface area contributed by atoms with Crippen LogP contribution in [0, 0.1) is 12.8 Å². The van der Waals surface area contributed by atoms with Crippen LogP contribution < -0.4 is 4.74 Å². The number of carboxylic acid groups (broad SMARTS) is 1. The Morgan fingerprint density at radius 1 is 1.22 bits per heavy atom. The van der Waals surface area contributed by atoms with Crippen molar-refractivity contribution in [1.29, 1.82) is 0 Å². The third kappa shape index (κ3) is 5.27. The van der Waals surface area contributed by atoms with Gasteiger partial charge in [0.25, 0.3) is 5.91 Å². The standard InChI is InChI=1S/C18H27NO4/c1-11(2)16-8-7-15(9-12(16)3)23-14(5)17(20)19(6)10-13(4)18(21)22/h7-9,11,13-14H,10H2,1-6H3,(H,21,22). The van der Waals surface area contributed by atoms with Gasteiger partial charge < -0.3 is 14.7 Å². The van der Waals surface area contributed by atoms with Gasteiger partial charge >= 0.3 is 5.97 Å². The van der Waals surface area contributed by atoms with Crippen molar-refractivity contribution in [2.24, 2.45) is 5.92 Å². The zero-order valence-electron chi connectivity index (χ0n) is 14.8. The molecule has 2 unspecified atom stereocenters. The van der Waals surface area contributed by atoms with Gasteiger partial charge in [0.2, 0.25) is 0 Å². The van der Waals surface area contributed by atoms with Crippen molar-refractivity contribution in [3.05, 3.63) is 29.3 Å². The number of likely N-dealkylation sites (N-methyl/N-ethyl adjacent to an activating group) is 1. The van der Waals surface area contributed by atoms with Crippen LogP contribution in [-0.2, 0) is 9.59 Å². The van der Waals surface area contributed by atoms with Gasteiger partial charge in [0, 0.05) is 13.6 Å². The highest BCUT2D eigenvalue weighted by atomic mass is 16.5. The molecule has 0 fully saturated rings. The SMILES string of the molecule is Cc1cc(OC(C)C(=O)N(C)CC(C)C(=O)O)ccc1C(C)C. The quantitative estimate of drug-likeness (QED) is 0.838. The van der Waals surface area contributed by atoms with E-state index in [4.69, 9.17) is 9.84 Å². The maximum absolute atomic E-state index is 12.3. The lowest BCUT2D eigenvalue weighted by molar-refractivity contribution is -0.144. The molecule has 0 aromatic heterocycles. The van der Waals surface area contributed by atoms with Crippen molar-refractivity contribution >= 4 is 11.9 Å². The van der Waals surface area contributed by atoms with Crippen molar-refractivity contribution in [1.82, 2.24) is 4.90 Å². The first-order valence-electron chi connectivity index (χ1n) is 7.88. The Labute approximate surface area is 138 Å². The smallest absolute Gasteiger partial charge is 0.308 e. The molecular weight excluding hydrogens is 294 g/mol. The Balaban J connectivity index is 2.71. The molecule has 0 heterocycles. The lowest BCUT2D eigenvalue weighted by Gasteiger charge is -2.24. The number of ether oxygens (including phenoxy) is 1. The summed E-state index contributed by atoms with van der Waals surface area (Å²) >= 11 is 0. The van der Waals surface area contributed by atoms with Crippen molar-refractivity contribution in [3.63, 3.8) is 0 Å². The average Bonchev–Trinajstić information content (AvgIpc) is 2.45. The van der Waals surface area contributed by atoms with Crippen LogP contribution in [-0.4, -0.2) is 41.6 Å². The normalized spacial score (nSPS) is 13.5. The number of carbonyl (C=O) groups excluding carboxylic acids is 1. The Morgan fingerprint density at radius 2 is 1.83 bits per heavy atom. The summed E-state index contributed by atoms with van der Waals surface area (Å²) in [6.45, 7) is 9.70. The second kappa shape index (κ2) is 7.99. The zero-order chi connectivity index (χ0) is 17.7. The maximum Gasteiger partial charge on any atom is 0.308 e. The summed E-state index contributed by atoms with van der Waals surface area (Å²) in [6, 6.07) is 5.81. The Hall–Kier alpha value is -2.04. The molecule has 0 aliphatic heterocycles. The maximum atomic E-state index is 12.3. The van der Waals surface area contributed by atoms with Crippen molar-refractivity contribution in [2.75, 3.05) is 13.6 Å². The fourth-order valence-electron chi connectivity index (χ4n) is 2.51. The molecular formula is C18H27NO4. The molecule has 0 aliphatic rings. The molecule has 0 saturated carbocycles. The molecule has 128 valence electrons. The van der Waals surface area contributed by atoms with Crippen molar-refractivity contribution in [3.8, 4) is 5.75 Å². The highest BCUT2D eigenvalue weighted by molar-refractivity contribution is 5.81. The molecule has 1 aromatic carbocycles. The van der Waals surface area contributed by atoms with E-state index in [-0.39, 0.29) is 12.5 Å². The topological polar surface area (TPSA) is 66.8 Å². The Bertz CT molecular complexity index is 568. The van der Waals surface area contributed by atoms with Gasteiger partial charge in [0.05, 0.1) is 5.92 Å². The summed E-state index contributed by atoms with van der Waals surface area (Å²) in [6.07, 6.45) is -0.662. The fourth-order valence-corrected chi connectivity index (χ4v) is 2.51. The lowest BCUT2D eigenvalue weighted by Crippen LogP contribution is -2.41. The van der Waals surface area contributed by atoms with E-state index in [0.717, 1.165) is 5.56 Å². The van der Waals surface area contributed by atoms with Crippen LogP contribution in [0.3, 0.4) is 0 Å². The lowest BCUT2D eigenvalue weighted by atomic mass is 9.98. The summed E-state index contributed by atoms with van der Waals surface area (Å²) in [5, 5.41) is 8.92. The van der Waals surface area contributed by atoms with Crippen LogP contribution in [0.5, 0.6) is 5.75 Å². The molecule has 0 aliphatic carbocycles. The van der Waals surface area contributed by atoms with E-state index in [1.54, 1.807) is 20.9 Å². The average molecular weight is 321 g/mol. The molecule has 1 aromatic rings. The zero-order valence-corrected chi connectivity index (χ0v) is 14.8. The van der Waals surface area contributed by atoms with Gasteiger partial charge in [-0.3, -0.25) is 9.59 Å². The van der Waals surface area contributed by atoms with Gasteiger partial charge in [-0.2, -0.15) is 0 Å². The van der Waals surface area contributed by atoms with Gasteiger partial charge in [-0.1, -0.05) is 26.8 Å². The van der Waals surface area contributed by atoms with Crippen molar-refractivity contribution < 1.29 is 19.4 Å². The monoisotopic (exact) mass is 321 g/mol. The van der Waals surface area contributed by atoms with Crippen LogP contribution in [0.25, 0.3) is 0 Å². The fraction of sp³-hybridized carbons (Fsp3) is 0.556. The van der Waals surface area contributed by atoms with Gasteiger partial charge in [0.1, 0.15) is 5.75 Å². The predicted molar refractivity (Wildman–Crippen MR) is 89.8 cm³/mol. The number of nitrogens with zero attached hydrogens (tertiary/aromatic N) is 1. The van der Waals surface area contributed by atoms with E-state index in [1.807, 2.05) is 25.1 Å². The van der Waals surface area contributed by atoms with E-state index >= 15 is 0 Å². The molecule has 1 rings (SSSR count). The number of amides is 1. The summed E-state index contributed by atoms with van der Waals surface area (Å²) < 4.78 is 5.72. The van der Waals surface area contributed by atoms with Gasteiger partial charge in [-0.05, 0) is 43.0 Å². The summed E-state index contributed by atoms with van der Waals surface area (Å²) in [5.41, 5.74) is 2.38. The molecule has 23 heavy (non-hydrogen) atoms. The number of carbonyl (C=O) groups is 2. The minimum Gasteiger partial charge on any atom is -0.481 e. The van der Waals surface area contributed by atoms with Gasteiger partial charge in [-0.15, -0.1) is 0 Å². The molecule has 5 heteroatoms. The molecule has 5 nitrogen and oxygen atoms in total. The number of hydrogen-bond donors (Lipinski definition) is 1. The molecule has 1 amide bonds. The van der Waals surface area contributed by atoms with E-state index in [1.165, 1.54) is 10.5 Å². The molecule has 0 spiro atoms. The largest absolute Gasteiger partial charge is 0.481 e. The van der Waals surface area contributed by atoms with Crippen LogP contribution in [0.15, 0.2) is 18.2 Å². The third-order valence-corrected chi connectivity index (χ3v) is 3.87. The Kier molecular flexibility index (Phi) is 6.61. The third-order valence-electron chi connectivity index (χ3n) is 3.87. The number of aryl methyl sites for hydroxylation is 1. The number of hydrogen-bond acceptors (Lipinski definition) is 3. The minimum atomic E-state index is -0.918. The van der Waals surface area contributed by atoms with Gasteiger partial charge in [-0.25, -0.2) is 0 Å². The summed E-state index contributed by atoms with van der Waals surface area (Å²) in [5.74, 6) is -0.676. The van der Waals surface area contributed by atoms with Crippen LogP contribution in [0.1, 0.15) is 44.7 Å². The summed E-state index contributed by atoms with van der Waals surface area (Å²) in [7, 11) is 1.59. The highest BCUT2D eigenvalue weighted by Crippen LogP contribution is 2.24. The van der Waals surface area contributed by atoms with Crippen LogP contribution in [0.4, 0.5) is 0 Å². The number of rotatable bonds is 7. The Morgan fingerprint density at radius 3 is 2.30 bits per heavy atom. The van der Waals surface area contributed by atoms with E-state index in [9.17, 15) is 9.59 Å². The minimum absolute atomic E-state index is 0.160. The number of aliphatic carboxylic acids is 1. The van der Waals surface area contributed by atoms with E-state index < -0.39 is 18.0 Å². The van der Waals surface area contributed by atoms with E-state index in [0.29, 0.717) is 11.7 Å². The second-order valence-corrected chi connectivity index (χ2v) is 6.39. The predicted octanol–water partition coefficient (Wildman–Crippen LogP) is 3.06. The van der Waals surface area contributed by atoms with Gasteiger partial charge in [0.15, 0.2) is 6.10 Å². The molecule has 0 saturated heterocycles.